The average Bonchev–Trinajstić information content (AvgIpc) is 2.78. The van der Waals surface area contributed by atoms with Crippen LogP contribution in [-0.2, 0) is 19.0 Å². The molecule has 2 aromatic rings. The summed E-state index contributed by atoms with van der Waals surface area (Å²) in [5, 5.41) is 8.76. The molecular formula is C24H36N4O5. The van der Waals surface area contributed by atoms with E-state index in [-0.39, 0.29) is 11.3 Å². The number of aromatic nitrogens is 2. The molecule has 0 spiro atoms. The maximum absolute atomic E-state index is 13.1. The predicted molar refractivity (Wildman–Crippen MR) is 130 cm³/mol. The van der Waals surface area contributed by atoms with Crippen LogP contribution in [0.25, 0.3) is 10.8 Å². The monoisotopic (exact) mass is 460 g/mol. The van der Waals surface area contributed by atoms with Gasteiger partial charge in [-0.05, 0) is 38.8 Å². The molecule has 0 saturated carbocycles. The first kappa shape index (κ1) is 26.7. The molecule has 1 aromatic carbocycles. The van der Waals surface area contributed by atoms with Gasteiger partial charge >= 0.3 is 0 Å². The number of ketones is 1. The number of rotatable bonds is 17. The van der Waals surface area contributed by atoms with E-state index < -0.39 is 6.04 Å². The predicted octanol–water partition coefficient (Wildman–Crippen LogP) is 2.30. The van der Waals surface area contributed by atoms with E-state index in [2.05, 4.69) is 17.0 Å². The summed E-state index contributed by atoms with van der Waals surface area (Å²) in [6, 6.07) is 4.92. The highest BCUT2D eigenvalue weighted by atomic mass is 16.5. The van der Waals surface area contributed by atoms with Crippen LogP contribution >= 0.6 is 0 Å². The number of anilines is 1. The van der Waals surface area contributed by atoms with Crippen LogP contribution in [0, 0.1) is 0 Å². The topological polar surface area (TPSA) is 118 Å². The van der Waals surface area contributed by atoms with E-state index >= 15 is 0 Å². The third-order valence-electron chi connectivity index (χ3n) is 5.00. The normalized spacial score (nSPS) is 12.1. The van der Waals surface area contributed by atoms with E-state index in [4.69, 9.17) is 19.9 Å². The van der Waals surface area contributed by atoms with Crippen molar-refractivity contribution in [2.75, 3.05) is 58.0 Å². The molecule has 0 aliphatic carbocycles. The first-order chi connectivity index (χ1) is 15.9. The fourth-order valence-corrected chi connectivity index (χ4v) is 3.26. The second-order valence-electron chi connectivity index (χ2n) is 7.87. The quantitative estimate of drug-likeness (QED) is 0.273. The molecule has 3 N–H and O–H groups in total. The summed E-state index contributed by atoms with van der Waals surface area (Å²) < 4.78 is 17.5. The molecular weight excluding hydrogens is 424 g/mol. The molecule has 0 saturated heterocycles. The first-order valence-corrected chi connectivity index (χ1v) is 11.3. The van der Waals surface area contributed by atoms with Crippen LogP contribution < -0.4 is 16.6 Å². The molecule has 9 nitrogen and oxygen atoms in total. The Labute approximate surface area is 194 Å². The van der Waals surface area contributed by atoms with Gasteiger partial charge in [-0.2, -0.15) is 5.10 Å². The molecule has 0 aliphatic rings. The van der Waals surface area contributed by atoms with Gasteiger partial charge in [0.25, 0.3) is 5.56 Å². The van der Waals surface area contributed by atoms with Crippen LogP contribution in [0.1, 0.15) is 32.7 Å². The number of carbonyl (C=O) groups excluding carboxylic acids is 1. The molecule has 9 heteroatoms. The van der Waals surface area contributed by atoms with Crippen molar-refractivity contribution in [3.05, 3.63) is 46.9 Å². The third kappa shape index (κ3) is 9.05. The zero-order valence-electron chi connectivity index (χ0n) is 19.7. The summed E-state index contributed by atoms with van der Waals surface area (Å²) in [4.78, 5) is 25.2. The summed E-state index contributed by atoms with van der Waals surface area (Å²) in [6.07, 6.45) is 2.79. The van der Waals surface area contributed by atoms with Crippen molar-refractivity contribution in [2.45, 2.75) is 32.7 Å². The fourth-order valence-electron chi connectivity index (χ4n) is 3.26. The average molecular weight is 461 g/mol. The van der Waals surface area contributed by atoms with Gasteiger partial charge in [0.1, 0.15) is 6.04 Å². The molecule has 1 atom stereocenters. The van der Waals surface area contributed by atoms with Crippen LogP contribution in [0.4, 0.5) is 5.69 Å². The lowest BCUT2D eigenvalue weighted by Gasteiger charge is -2.16. The number of hydrogen-bond acceptors (Lipinski definition) is 8. The van der Waals surface area contributed by atoms with Crippen LogP contribution in [0.15, 0.2) is 41.3 Å². The molecule has 2 rings (SSSR count). The Morgan fingerprint density at radius 3 is 2.42 bits per heavy atom. The van der Waals surface area contributed by atoms with Gasteiger partial charge in [-0.3, -0.25) is 9.59 Å². The van der Waals surface area contributed by atoms with Gasteiger partial charge in [0.05, 0.1) is 51.2 Å². The first-order valence-electron chi connectivity index (χ1n) is 11.3. The Bertz CT molecular complexity index is 960. The van der Waals surface area contributed by atoms with Gasteiger partial charge < -0.3 is 25.3 Å². The lowest BCUT2D eigenvalue weighted by molar-refractivity contribution is -0.120. The summed E-state index contributed by atoms with van der Waals surface area (Å²) in [5.41, 5.74) is 6.83. The Kier molecular flexibility index (Phi) is 11.7. The Balaban J connectivity index is 1.88. The maximum Gasteiger partial charge on any atom is 0.275 e. The van der Waals surface area contributed by atoms with E-state index in [9.17, 15) is 9.59 Å². The van der Waals surface area contributed by atoms with Crippen LogP contribution in [0.3, 0.4) is 0 Å². The molecule has 0 amide bonds. The zero-order chi connectivity index (χ0) is 24.1. The summed E-state index contributed by atoms with van der Waals surface area (Å²) in [7, 11) is 0. The highest BCUT2D eigenvalue weighted by molar-refractivity contribution is 5.85. The van der Waals surface area contributed by atoms with E-state index in [0.717, 1.165) is 16.6 Å². The maximum atomic E-state index is 13.1. The minimum atomic E-state index is -0.599. The third-order valence-corrected chi connectivity index (χ3v) is 5.00. The molecule has 1 unspecified atom stereocenters. The minimum Gasteiger partial charge on any atom is -0.383 e. The molecule has 33 heavy (non-hydrogen) atoms. The molecule has 182 valence electrons. The van der Waals surface area contributed by atoms with Crippen molar-refractivity contribution >= 4 is 22.2 Å². The van der Waals surface area contributed by atoms with E-state index in [1.807, 2.05) is 19.1 Å². The highest BCUT2D eigenvalue weighted by Crippen LogP contribution is 2.19. The zero-order valence-corrected chi connectivity index (χ0v) is 19.7. The van der Waals surface area contributed by atoms with Crippen molar-refractivity contribution in [3.63, 3.8) is 0 Å². The molecule has 0 radical (unpaired) electrons. The van der Waals surface area contributed by atoms with Crippen molar-refractivity contribution in [3.8, 4) is 0 Å². The van der Waals surface area contributed by atoms with E-state index in [0.29, 0.717) is 71.0 Å². The Morgan fingerprint density at radius 1 is 1.12 bits per heavy atom. The smallest absolute Gasteiger partial charge is 0.275 e. The molecule has 1 aromatic heterocycles. The number of nitrogens with zero attached hydrogens (tertiary/aromatic N) is 2. The van der Waals surface area contributed by atoms with Gasteiger partial charge in [-0.25, -0.2) is 4.68 Å². The second kappa shape index (κ2) is 14.5. The van der Waals surface area contributed by atoms with Gasteiger partial charge in [-0.1, -0.05) is 11.6 Å². The summed E-state index contributed by atoms with van der Waals surface area (Å²) in [6.45, 7) is 11.4. The van der Waals surface area contributed by atoms with E-state index in [1.54, 1.807) is 12.3 Å². The number of ether oxygens (including phenoxy) is 3. The molecule has 0 bridgehead atoms. The molecule has 0 aliphatic heterocycles. The SMILES string of the molecule is C=C(C)CCC(C(C)=O)n1ncc2ccc(NCCOCCOCCOCCN)cc2c1=O. The molecule has 1 heterocycles. The lowest BCUT2D eigenvalue weighted by atomic mass is 10.0. The fraction of sp³-hybridized carbons (Fsp3) is 0.542. The van der Waals surface area contributed by atoms with Crippen molar-refractivity contribution in [1.82, 2.24) is 9.78 Å². The number of hydrogen-bond donors (Lipinski definition) is 2. The Morgan fingerprint density at radius 2 is 1.79 bits per heavy atom. The molecule has 0 fully saturated rings. The number of fused-ring (bicyclic) bond motifs is 1. The van der Waals surface area contributed by atoms with Gasteiger partial charge in [0.2, 0.25) is 0 Å². The number of allylic oxidation sites excluding steroid dienone is 1. The number of benzene rings is 1. The standard InChI is InChI=1S/C24H36N4O5/c1-18(2)4-7-23(19(3)29)28-24(30)22-16-21(6-5-20(22)17-27-28)26-9-11-32-13-15-33-14-12-31-10-8-25/h5-6,16-17,23,26H,1,4,7-15,25H2,2-3H3. The second-order valence-corrected chi connectivity index (χ2v) is 7.87. The number of Topliss-reactive ketones (excluding diaryl/α,β-unsaturated/α-hetero) is 1. The van der Waals surface area contributed by atoms with Gasteiger partial charge in [0.15, 0.2) is 5.78 Å². The summed E-state index contributed by atoms with van der Waals surface area (Å²) >= 11 is 0. The van der Waals surface area contributed by atoms with Gasteiger partial charge in [0, 0.05) is 24.2 Å². The van der Waals surface area contributed by atoms with Gasteiger partial charge in [-0.15, -0.1) is 6.58 Å². The Hall–Kier alpha value is -2.59. The van der Waals surface area contributed by atoms with Crippen LogP contribution in [0.5, 0.6) is 0 Å². The number of carbonyl (C=O) groups is 1. The number of nitrogens with one attached hydrogen (secondary N) is 1. The van der Waals surface area contributed by atoms with Crippen molar-refractivity contribution < 1.29 is 19.0 Å². The van der Waals surface area contributed by atoms with Crippen molar-refractivity contribution in [2.24, 2.45) is 5.73 Å². The lowest BCUT2D eigenvalue weighted by Crippen LogP contribution is -2.31. The number of nitrogens with two attached hydrogens (primary N) is 1. The van der Waals surface area contributed by atoms with E-state index in [1.165, 1.54) is 11.6 Å². The highest BCUT2D eigenvalue weighted by Gasteiger charge is 2.20. The summed E-state index contributed by atoms with van der Waals surface area (Å²) in [5.74, 6) is -0.0938. The largest absolute Gasteiger partial charge is 0.383 e. The minimum absolute atomic E-state index is 0.0938. The van der Waals surface area contributed by atoms with Crippen molar-refractivity contribution in [1.29, 1.82) is 0 Å². The van der Waals surface area contributed by atoms with Crippen LogP contribution in [0.2, 0.25) is 0 Å². The van der Waals surface area contributed by atoms with Crippen LogP contribution in [-0.4, -0.2) is 68.3 Å².